The summed E-state index contributed by atoms with van der Waals surface area (Å²) in [4.78, 5) is 29.3. The summed E-state index contributed by atoms with van der Waals surface area (Å²) < 4.78 is 1.86. The highest BCUT2D eigenvalue weighted by Gasteiger charge is 2.40. The predicted molar refractivity (Wildman–Crippen MR) is 148 cm³/mol. The Kier molecular flexibility index (Phi) is 6.89. The van der Waals surface area contributed by atoms with Crippen molar-refractivity contribution < 1.29 is 9.59 Å². The molecule has 0 radical (unpaired) electrons. The average Bonchev–Trinajstić information content (AvgIpc) is 3.11. The molecule has 37 heavy (non-hydrogen) atoms. The van der Waals surface area contributed by atoms with Crippen LogP contribution >= 0.6 is 11.8 Å². The fourth-order valence-corrected chi connectivity index (χ4v) is 5.89. The molecule has 5 rings (SSSR count). The maximum atomic E-state index is 14.0. The van der Waals surface area contributed by atoms with Gasteiger partial charge in [0.15, 0.2) is 0 Å². The predicted octanol–water partition coefficient (Wildman–Crippen LogP) is 5.60. The average molecular weight is 511 g/mol. The van der Waals surface area contributed by atoms with Crippen LogP contribution in [0, 0.1) is 27.7 Å². The van der Waals surface area contributed by atoms with E-state index >= 15 is 0 Å². The highest BCUT2D eigenvalue weighted by molar-refractivity contribution is 8.00. The molecule has 1 aromatic heterocycles. The first kappa shape index (κ1) is 24.8. The van der Waals surface area contributed by atoms with Crippen LogP contribution in [-0.2, 0) is 16.1 Å². The Hall–Kier alpha value is -3.84. The van der Waals surface area contributed by atoms with Gasteiger partial charge in [0.05, 0.1) is 17.1 Å². The van der Waals surface area contributed by atoms with Crippen molar-refractivity contribution in [2.45, 2.75) is 45.3 Å². The number of amides is 2. The van der Waals surface area contributed by atoms with Gasteiger partial charge in [-0.1, -0.05) is 65.9 Å². The maximum absolute atomic E-state index is 14.0. The number of aryl methyl sites for hydroxylation is 4. The van der Waals surface area contributed by atoms with Gasteiger partial charge in [-0.05, 0) is 68.7 Å². The Morgan fingerprint density at radius 1 is 0.919 bits per heavy atom. The van der Waals surface area contributed by atoms with Crippen molar-refractivity contribution in [2.75, 3.05) is 10.7 Å². The van der Waals surface area contributed by atoms with E-state index < -0.39 is 6.04 Å². The molecule has 0 spiro atoms. The van der Waals surface area contributed by atoms with E-state index in [9.17, 15) is 9.59 Å². The fraction of sp³-hybridized carbons (Fsp3) is 0.233. The third-order valence-electron chi connectivity index (χ3n) is 6.52. The molecule has 0 unspecified atom stereocenters. The number of anilines is 1. The second-order valence-corrected chi connectivity index (χ2v) is 10.5. The van der Waals surface area contributed by atoms with Crippen LogP contribution in [0.3, 0.4) is 0 Å². The summed E-state index contributed by atoms with van der Waals surface area (Å²) in [6.45, 7) is 8.33. The van der Waals surface area contributed by atoms with Crippen molar-refractivity contribution in [1.82, 2.24) is 15.1 Å². The molecule has 188 valence electrons. The van der Waals surface area contributed by atoms with Crippen LogP contribution in [0.2, 0.25) is 0 Å². The second kappa shape index (κ2) is 10.3. The minimum Gasteiger partial charge on any atom is -0.350 e. The Balaban J connectivity index is 1.62. The van der Waals surface area contributed by atoms with Gasteiger partial charge in [0.1, 0.15) is 11.1 Å². The van der Waals surface area contributed by atoms with Crippen molar-refractivity contribution in [3.05, 3.63) is 106 Å². The molecule has 2 amide bonds. The first-order valence-electron chi connectivity index (χ1n) is 12.3. The number of hydrogen-bond donors (Lipinski definition) is 1. The number of carbonyl (C=O) groups is 2. The second-order valence-electron chi connectivity index (χ2n) is 9.56. The lowest BCUT2D eigenvalue weighted by atomic mass is 10.0. The molecule has 6 nitrogen and oxygen atoms in total. The number of fused-ring (bicyclic) bond motifs is 1. The molecule has 1 N–H and O–H groups in total. The van der Waals surface area contributed by atoms with Crippen molar-refractivity contribution in [3.63, 3.8) is 0 Å². The van der Waals surface area contributed by atoms with Crippen molar-refractivity contribution >= 4 is 29.3 Å². The molecule has 2 heterocycles. The summed E-state index contributed by atoms with van der Waals surface area (Å²) in [5.41, 5.74) is 7.35. The van der Waals surface area contributed by atoms with E-state index in [1.807, 2.05) is 99.1 Å². The van der Waals surface area contributed by atoms with Gasteiger partial charge in [-0.15, -0.1) is 0 Å². The van der Waals surface area contributed by atoms with Gasteiger partial charge in [0.2, 0.25) is 11.8 Å². The van der Waals surface area contributed by atoms with Crippen LogP contribution in [-0.4, -0.2) is 27.3 Å². The molecule has 0 bridgehead atoms. The number of aromatic nitrogens is 2. The molecule has 0 saturated carbocycles. The van der Waals surface area contributed by atoms with Crippen molar-refractivity contribution in [2.24, 2.45) is 0 Å². The SMILES string of the molecule is Cc1ccc(CNC(=O)[C@@H]2c3c(C)nn(-c4ccccc4)c3SCC(=O)N2c2cc(C)cc(C)c2)cc1. The summed E-state index contributed by atoms with van der Waals surface area (Å²) in [6, 6.07) is 23.1. The van der Waals surface area contributed by atoms with Gasteiger partial charge >= 0.3 is 0 Å². The van der Waals surface area contributed by atoms with Crippen LogP contribution in [0.5, 0.6) is 0 Å². The number of rotatable bonds is 5. The van der Waals surface area contributed by atoms with E-state index in [4.69, 9.17) is 5.10 Å². The lowest BCUT2D eigenvalue weighted by Crippen LogP contribution is -2.44. The highest BCUT2D eigenvalue weighted by atomic mass is 32.2. The normalized spacial score (nSPS) is 15.3. The zero-order chi connectivity index (χ0) is 26.1. The number of thioether (sulfide) groups is 1. The Bertz CT molecular complexity index is 1440. The summed E-state index contributed by atoms with van der Waals surface area (Å²) >= 11 is 1.43. The quantitative estimate of drug-likeness (QED) is 0.379. The molecule has 0 saturated heterocycles. The van der Waals surface area contributed by atoms with Gasteiger partial charge < -0.3 is 5.32 Å². The van der Waals surface area contributed by atoms with Crippen LogP contribution < -0.4 is 10.2 Å². The van der Waals surface area contributed by atoms with Gasteiger partial charge in [-0.2, -0.15) is 5.10 Å². The first-order chi connectivity index (χ1) is 17.8. The molecule has 4 aromatic rings. The van der Waals surface area contributed by atoms with E-state index in [0.717, 1.165) is 49.9 Å². The van der Waals surface area contributed by atoms with E-state index in [-0.39, 0.29) is 17.6 Å². The van der Waals surface area contributed by atoms with Gasteiger partial charge in [0, 0.05) is 17.8 Å². The van der Waals surface area contributed by atoms with E-state index in [0.29, 0.717) is 6.54 Å². The molecular weight excluding hydrogens is 480 g/mol. The lowest BCUT2D eigenvalue weighted by Gasteiger charge is -2.30. The molecule has 1 aliphatic heterocycles. The van der Waals surface area contributed by atoms with Gasteiger partial charge in [-0.25, -0.2) is 4.68 Å². The van der Waals surface area contributed by atoms with Crippen LogP contribution in [0.15, 0.2) is 77.8 Å². The van der Waals surface area contributed by atoms with E-state index in [1.54, 1.807) is 4.90 Å². The molecule has 1 atom stereocenters. The zero-order valence-electron chi connectivity index (χ0n) is 21.5. The summed E-state index contributed by atoms with van der Waals surface area (Å²) in [5, 5.41) is 8.75. The summed E-state index contributed by atoms with van der Waals surface area (Å²) in [6.07, 6.45) is 0. The fourth-order valence-electron chi connectivity index (χ4n) is 4.81. The number of benzene rings is 3. The van der Waals surface area contributed by atoms with Gasteiger partial charge in [-0.3, -0.25) is 14.5 Å². The van der Waals surface area contributed by atoms with Crippen molar-refractivity contribution in [3.8, 4) is 5.69 Å². The minimum absolute atomic E-state index is 0.110. The Morgan fingerprint density at radius 3 is 2.27 bits per heavy atom. The molecule has 1 aliphatic rings. The topological polar surface area (TPSA) is 67.2 Å². The minimum atomic E-state index is -0.846. The first-order valence-corrected chi connectivity index (χ1v) is 13.3. The summed E-state index contributed by atoms with van der Waals surface area (Å²) in [7, 11) is 0. The number of para-hydroxylation sites is 1. The number of nitrogens with one attached hydrogen (secondary N) is 1. The largest absolute Gasteiger partial charge is 0.350 e. The molecule has 0 aliphatic carbocycles. The van der Waals surface area contributed by atoms with Crippen LogP contribution in [0.25, 0.3) is 5.69 Å². The van der Waals surface area contributed by atoms with Gasteiger partial charge in [0.25, 0.3) is 0 Å². The number of hydrogen-bond acceptors (Lipinski definition) is 4. The standard InChI is InChI=1S/C30H30N4O2S/c1-19-10-12-23(13-11-19)17-31-29(36)28-27-22(4)32-34(24-8-6-5-7-9-24)30(27)37-18-26(35)33(28)25-15-20(2)14-21(3)16-25/h5-16,28H,17-18H2,1-4H3,(H,31,36)/t28-/m0/s1. The smallest absolute Gasteiger partial charge is 0.248 e. The molecule has 3 aromatic carbocycles. The number of carbonyl (C=O) groups excluding carboxylic acids is 2. The molecular formula is C30H30N4O2S. The monoisotopic (exact) mass is 510 g/mol. The van der Waals surface area contributed by atoms with E-state index in [1.165, 1.54) is 11.8 Å². The Morgan fingerprint density at radius 2 is 1.59 bits per heavy atom. The lowest BCUT2D eigenvalue weighted by molar-refractivity contribution is -0.126. The van der Waals surface area contributed by atoms with E-state index in [2.05, 4.69) is 11.4 Å². The highest BCUT2D eigenvalue weighted by Crippen LogP contribution is 2.41. The Labute approximate surface area is 221 Å². The third kappa shape index (κ3) is 5.04. The third-order valence-corrected chi connectivity index (χ3v) is 7.57. The summed E-state index contributed by atoms with van der Waals surface area (Å²) in [5.74, 6) is -0.132. The molecule has 0 fully saturated rings. The van der Waals surface area contributed by atoms with Crippen molar-refractivity contribution in [1.29, 1.82) is 0 Å². The number of nitrogens with zero attached hydrogens (tertiary/aromatic N) is 3. The molecule has 7 heteroatoms. The van der Waals surface area contributed by atoms with Crippen LogP contribution in [0.4, 0.5) is 5.69 Å². The zero-order valence-corrected chi connectivity index (χ0v) is 22.3. The maximum Gasteiger partial charge on any atom is 0.248 e. The van der Waals surface area contributed by atoms with Crippen LogP contribution in [0.1, 0.15) is 39.6 Å².